The molecule has 0 aliphatic rings. The lowest BCUT2D eigenvalue weighted by Gasteiger charge is -2.21. The summed E-state index contributed by atoms with van der Waals surface area (Å²) in [6.07, 6.45) is 0. The van der Waals surface area contributed by atoms with Crippen LogP contribution in [0.1, 0.15) is 12.5 Å². The molecule has 2 rings (SSSR count). The van der Waals surface area contributed by atoms with E-state index in [2.05, 4.69) is 0 Å². The molecule has 0 spiro atoms. The van der Waals surface area contributed by atoms with Crippen molar-refractivity contribution in [2.75, 3.05) is 13.2 Å². The minimum Gasteiger partial charge on any atom is -0.465 e. The fourth-order valence-electron chi connectivity index (χ4n) is 2.16. The Kier molecular flexibility index (Phi) is 6.05. The number of benzene rings is 2. The van der Waals surface area contributed by atoms with Crippen LogP contribution in [0.15, 0.2) is 59.5 Å². The van der Waals surface area contributed by atoms with E-state index in [0.717, 1.165) is 10.4 Å². The topological polar surface area (TPSA) is 63.7 Å². The molecule has 0 aromatic heterocycles. The first-order valence-corrected chi connectivity index (χ1v) is 8.83. The van der Waals surface area contributed by atoms with Gasteiger partial charge in [0.1, 0.15) is 17.3 Å². The van der Waals surface area contributed by atoms with Crippen molar-refractivity contribution in [1.82, 2.24) is 4.31 Å². The summed E-state index contributed by atoms with van der Waals surface area (Å²) in [5, 5.41) is 0. The predicted octanol–water partition coefficient (Wildman–Crippen LogP) is 2.58. The lowest BCUT2D eigenvalue weighted by molar-refractivity contribution is -0.143. The summed E-state index contributed by atoms with van der Waals surface area (Å²) in [7, 11) is -4.19. The highest BCUT2D eigenvalue weighted by Crippen LogP contribution is 2.21. The third-order valence-corrected chi connectivity index (χ3v) is 5.09. The van der Waals surface area contributed by atoms with Crippen LogP contribution in [0.2, 0.25) is 0 Å². The van der Waals surface area contributed by atoms with Crippen molar-refractivity contribution in [3.05, 3.63) is 66.0 Å². The smallest absolute Gasteiger partial charge is 0.321 e. The second-order valence-electron chi connectivity index (χ2n) is 4.99. The normalized spacial score (nSPS) is 11.5. The average molecular weight is 351 g/mol. The third-order valence-electron chi connectivity index (χ3n) is 3.27. The first-order valence-electron chi connectivity index (χ1n) is 7.39. The Morgan fingerprint density at radius 3 is 2.33 bits per heavy atom. The van der Waals surface area contributed by atoms with Crippen molar-refractivity contribution < 1.29 is 22.3 Å². The van der Waals surface area contributed by atoms with E-state index in [1.165, 1.54) is 18.2 Å². The van der Waals surface area contributed by atoms with Crippen molar-refractivity contribution in [2.45, 2.75) is 18.4 Å². The summed E-state index contributed by atoms with van der Waals surface area (Å²) in [4.78, 5) is 11.3. The Hall–Kier alpha value is -2.25. The predicted molar refractivity (Wildman–Crippen MR) is 87.1 cm³/mol. The third kappa shape index (κ3) is 4.39. The van der Waals surface area contributed by atoms with Crippen LogP contribution >= 0.6 is 0 Å². The maximum Gasteiger partial charge on any atom is 0.321 e. The van der Waals surface area contributed by atoms with Crippen LogP contribution in [0.3, 0.4) is 0 Å². The summed E-state index contributed by atoms with van der Waals surface area (Å²) in [5.41, 5.74) is 0.682. The highest BCUT2D eigenvalue weighted by atomic mass is 32.2. The van der Waals surface area contributed by atoms with Gasteiger partial charge in [-0.2, -0.15) is 4.31 Å². The van der Waals surface area contributed by atoms with Gasteiger partial charge in [-0.15, -0.1) is 0 Å². The number of sulfonamides is 1. The number of nitrogens with zero attached hydrogens (tertiary/aromatic N) is 1. The van der Waals surface area contributed by atoms with Gasteiger partial charge in [0.25, 0.3) is 0 Å². The molecule has 0 atom stereocenters. The second kappa shape index (κ2) is 8.03. The summed E-state index contributed by atoms with van der Waals surface area (Å²) in [6.45, 7) is 1.22. The van der Waals surface area contributed by atoms with E-state index < -0.39 is 33.3 Å². The number of hydrogen-bond acceptors (Lipinski definition) is 4. The Morgan fingerprint density at radius 2 is 1.71 bits per heavy atom. The first kappa shape index (κ1) is 18.1. The molecule has 0 heterocycles. The molecule has 0 bridgehead atoms. The fraction of sp³-hybridized carbons (Fsp3) is 0.235. The quantitative estimate of drug-likeness (QED) is 0.719. The molecule has 128 valence electrons. The van der Waals surface area contributed by atoms with Crippen LogP contribution in [0, 0.1) is 5.82 Å². The van der Waals surface area contributed by atoms with Crippen LogP contribution in [0.5, 0.6) is 0 Å². The van der Waals surface area contributed by atoms with E-state index in [1.807, 2.05) is 0 Å². The fourth-order valence-corrected chi connectivity index (χ4v) is 3.59. The number of hydrogen-bond donors (Lipinski definition) is 0. The van der Waals surface area contributed by atoms with E-state index >= 15 is 0 Å². The van der Waals surface area contributed by atoms with Gasteiger partial charge in [0.15, 0.2) is 0 Å². The molecule has 0 aliphatic heterocycles. The molecule has 2 aromatic carbocycles. The molecule has 5 nitrogen and oxygen atoms in total. The minimum absolute atomic E-state index is 0.0592. The monoisotopic (exact) mass is 351 g/mol. The highest BCUT2D eigenvalue weighted by molar-refractivity contribution is 7.89. The summed E-state index contributed by atoms with van der Waals surface area (Å²) in [6, 6.07) is 13.9. The number of ether oxygens (including phenoxy) is 1. The van der Waals surface area contributed by atoms with Crippen LogP contribution in [0.25, 0.3) is 0 Å². The van der Waals surface area contributed by atoms with Crippen molar-refractivity contribution >= 4 is 16.0 Å². The van der Waals surface area contributed by atoms with E-state index in [9.17, 15) is 17.6 Å². The van der Waals surface area contributed by atoms with Crippen LogP contribution < -0.4 is 0 Å². The zero-order valence-corrected chi connectivity index (χ0v) is 14.0. The first-order chi connectivity index (χ1) is 11.4. The second-order valence-corrected chi connectivity index (χ2v) is 6.90. The molecule has 2 aromatic rings. The molecule has 0 fully saturated rings. The maximum absolute atomic E-state index is 13.9. The standard InChI is InChI=1S/C17H18FNO4S/c1-2-23-17(20)13-19(12-14-8-4-3-5-9-14)24(21,22)16-11-7-6-10-15(16)18/h3-11H,2,12-13H2,1H3. The molecule has 0 aliphatic carbocycles. The molecule has 0 radical (unpaired) electrons. The number of rotatable bonds is 7. The molecule has 0 saturated carbocycles. The summed E-state index contributed by atoms with van der Waals surface area (Å²) in [5.74, 6) is -1.55. The molecule has 24 heavy (non-hydrogen) atoms. The minimum atomic E-state index is -4.19. The summed E-state index contributed by atoms with van der Waals surface area (Å²) < 4.78 is 45.2. The number of halogens is 1. The van der Waals surface area contributed by atoms with E-state index in [4.69, 9.17) is 4.74 Å². The maximum atomic E-state index is 13.9. The Balaban J connectivity index is 2.37. The van der Waals surface area contributed by atoms with Gasteiger partial charge in [-0.3, -0.25) is 4.79 Å². The molecule has 0 amide bonds. The largest absolute Gasteiger partial charge is 0.465 e. The number of carbonyl (C=O) groups is 1. The van der Waals surface area contributed by atoms with Crippen molar-refractivity contribution in [3.63, 3.8) is 0 Å². The molecule has 0 saturated heterocycles. The van der Waals surface area contributed by atoms with Gasteiger partial charge in [0.2, 0.25) is 10.0 Å². The molecular weight excluding hydrogens is 333 g/mol. The zero-order chi connectivity index (χ0) is 17.6. The van der Waals surface area contributed by atoms with E-state index in [1.54, 1.807) is 37.3 Å². The Labute approximate surface area is 140 Å². The molecule has 0 unspecified atom stereocenters. The summed E-state index contributed by atoms with van der Waals surface area (Å²) >= 11 is 0. The lowest BCUT2D eigenvalue weighted by Crippen LogP contribution is -2.36. The van der Waals surface area contributed by atoms with Crippen molar-refractivity contribution in [3.8, 4) is 0 Å². The van der Waals surface area contributed by atoms with Gasteiger partial charge in [-0.25, -0.2) is 12.8 Å². The number of esters is 1. The SMILES string of the molecule is CCOC(=O)CN(Cc1ccccc1)S(=O)(=O)c1ccccc1F. The van der Waals surface area contributed by atoms with Crippen LogP contribution in [-0.2, 0) is 26.1 Å². The number of carbonyl (C=O) groups excluding carboxylic acids is 1. The van der Waals surface area contributed by atoms with Crippen molar-refractivity contribution in [2.24, 2.45) is 0 Å². The Bertz CT molecular complexity index is 793. The van der Waals surface area contributed by atoms with Gasteiger partial charge in [-0.1, -0.05) is 42.5 Å². The molecular formula is C17H18FNO4S. The molecule has 0 N–H and O–H groups in total. The van der Waals surface area contributed by atoms with Gasteiger partial charge < -0.3 is 4.74 Å². The van der Waals surface area contributed by atoms with E-state index in [-0.39, 0.29) is 13.2 Å². The highest BCUT2D eigenvalue weighted by Gasteiger charge is 2.29. The average Bonchev–Trinajstić information content (AvgIpc) is 2.55. The lowest BCUT2D eigenvalue weighted by atomic mass is 10.2. The van der Waals surface area contributed by atoms with Crippen LogP contribution in [-0.4, -0.2) is 31.8 Å². The van der Waals surface area contributed by atoms with Gasteiger partial charge in [0, 0.05) is 6.54 Å². The van der Waals surface area contributed by atoms with Crippen molar-refractivity contribution in [1.29, 1.82) is 0 Å². The van der Waals surface area contributed by atoms with Gasteiger partial charge >= 0.3 is 5.97 Å². The zero-order valence-electron chi connectivity index (χ0n) is 13.2. The Morgan fingerprint density at radius 1 is 1.08 bits per heavy atom. The molecule has 7 heteroatoms. The van der Waals surface area contributed by atoms with Gasteiger partial charge in [0.05, 0.1) is 6.61 Å². The van der Waals surface area contributed by atoms with E-state index in [0.29, 0.717) is 5.56 Å². The van der Waals surface area contributed by atoms with Gasteiger partial charge in [-0.05, 0) is 24.6 Å². The van der Waals surface area contributed by atoms with Crippen LogP contribution in [0.4, 0.5) is 4.39 Å².